The van der Waals surface area contributed by atoms with Gasteiger partial charge in [0.1, 0.15) is 0 Å². The Hall–Kier alpha value is -1.15. The lowest BCUT2D eigenvalue weighted by Gasteiger charge is -2.32. The number of amides is 1. The van der Waals surface area contributed by atoms with E-state index in [-0.39, 0.29) is 35.3 Å². The molecule has 27 heavy (non-hydrogen) atoms. The van der Waals surface area contributed by atoms with E-state index in [1.165, 1.54) is 12.1 Å². The van der Waals surface area contributed by atoms with Crippen LogP contribution in [-0.2, 0) is 14.8 Å². The number of likely N-dealkylation sites (tertiary alicyclic amines) is 1. The van der Waals surface area contributed by atoms with Gasteiger partial charge >= 0.3 is 0 Å². The summed E-state index contributed by atoms with van der Waals surface area (Å²) in [4.78, 5) is 14.7. The topological polar surface area (TPSA) is 86.7 Å². The molecular weight excluding hydrogens is 388 g/mol. The second kappa shape index (κ2) is 8.90. The summed E-state index contributed by atoms with van der Waals surface area (Å²) in [5.74, 6) is 0.399. The van der Waals surface area contributed by atoms with Gasteiger partial charge in [-0.15, -0.1) is 0 Å². The van der Waals surface area contributed by atoms with Gasteiger partial charge in [0.15, 0.2) is 0 Å². The van der Waals surface area contributed by atoms with Gasteiger partial charge < -0.3 is 10.0 Å². The zero-order valence-electron chi connectivity index (χ0n) is 15.3. The third-order valence-electron chi connectivity index (χ3n) is 5.75. The summed E-state index contributed by atoms with van der Waals surface area (Å²) in [6.45, 7) is 1.16. The molecule has 3 rings (SSSR count). The molecule has 1 aromatic carbocycles. The number of hydrogen-bond donors (Lipinski definition) is 2. The van der Waals surface area contributed by atoms with Gasteiger partial charge in [0.2, 0.25) is 15.9 Å². The monoisotopic (exact) mass is 414 g/mol. The fourth-order valence-corrected chi connectivity index (χ4v) is 5.33. The predicted molar refractivity (Wildman–Crippen MR) is 104 cm³/mol. The highest BCUT2D eigenvalue weighted by atomic mass is 35.5. The van der Waals surface area contributed by atoms with Crippen molar-refractivity contribution in [2.75, 3.05) is 19.7 Å². The molecule has 1 atom stereocenters. The van der Waals surface area contributed by atoms with Crippen LogP contribution in [0.25, 0.3) is 0 Å². The van der Waals surface area contributed by atoms with E-state index in [0.29, 0.717) is 11.6 Å². The molecule has 1 aliphatic heterocycles. The number of nitrogens with one attached hydrogen (secondary N) is 1. The summed E-state index contributed by atoms with van der Waals surface area (Å²) in [6.07, 6.45) is 5.05. The zero-order valence-corrected chi connectivity index (χ0v) is 16.9. The number of nitrogens with zero attached hydrogens (tertiary/aromatic N) is 1. The fraction of sp³-hybridized carbons (Fsp3) is 0.632. The van der Waals surface area contributed by atoms with E-state index in [9.17, 15) is 18.3 Å². The first kappa shape index (κ1) is 20.6. The highest BCUT2D eigenvalue weighted by molar-refractivity contribution is 7.89. The molecule has 2 fully saturated rings. The van der Waals surface area contributed by atoms with Crippen molar-refractivity contribution >= 4 is 27.5 Å². The number of benzene rings is 1. The summed E-state index contributed by atoms with van der Waals surface area (Å²) >= 11 is 5.80. The summed E-state index contributed by atoms with van der Waals surface area (Å²) in [5.41, 5.74) is 0. The Morgan fingerprint density at radius 1 is 1.15 bits per heavy atom. The van der Waals surface area contributed by atoms with Crippen molar-refractivity contribution in [2.45, 2.75) is 49.5 Å². The maximum atomic E-state index is 12.7. The van der Waals surface area contributed by atoms with E-state index in [1.54, 1.807) is 12.1 Å². The van der Waals surface area contributed by atoms with Gasteiger partial charge in [-0.1, -0.05) is 11.6 Å². The first-order chi connectivity index (χ1) is 12.9. The minimum Gasteiger partial charge on any atom is -0.394 e. The highest BCUT2D eigenvalue weighted by Crippen LogP contribution is 2.32. The molecule has 2 aliphatic rings. The minimum absolute atomic E-state index is 0.00118. The molecule has 0 bridgehead atoms. The van der Waals surface area contributed by atoms with E-state index < -0.39 is 10.0 Å². The number of hydrogen-bond acceptors (Lipinski definition) is 4. The van der Waals surface area contributed by atoms with Gasteiger partial charge in [-0.25, -0.2) is 13.1 Å². The molecule has 1 aliphatic carbocycles. The van der Waals surface area contributed by atoms with Crippen molar-refractivity contribution in [3.05, 3.63) is 29.3 Å². The third-order valence-corrected chi connectivity index (χ3v) is 7.44. The third kappa shape index (κ3) is 5.02. The van der Waals surface area contributed by atoms with Crippen LogP contribution in [0.1, 0.15) is 38.5 Å². The molecule has 0 spiro atoms. The van der Waals surface area contributed by atoms with Crippen LogP contribution in [0, 0.1) is 11.8 Å². The molecular formula is C19H27ClN2O4S. The Balaban J connectivity index is 1.48. The molecule has 1 aromatic rings. The number of rotatable bonds is 6. The van der Waals surface area contributed by atoms with E-state index >= 15 is 0 Å². The number of halogens is 1. The van der Waals surface area contributed by atoms with Crippen LogP contribution in [-0.4, -0.2) is 50.1 Å². The van der Waals surface area contributed by atoms with Crippen molar-refractivity contribution in [2.24, 2.45) is 11.8 Å². The Morgan fingerprint density at radius 3 is 2.44 bits per heavy atom. The molecule has 1 amide bonds. The van der Waals surface area contributed by atoms with Gasteiger partial charge in [0.25, 0.3) is 0 Å². The van der Waals surface area contributed by atoms with Gasteiger partial charge in [0.05, 0.1) is 17.5 Å². The molecule has 6 nitrogen and oxygen atoms in total. The largest absolute Gasteiger partial charge is 0.394 e. The summed E-state index contributed by atoms with van der Waals surface area (Å²) < 4.78 is 27.4. The lowest BCUT2D eigenvalue weighted by molar-refractivity contribution is -0.138. The van der Waals surface area contributed by atoms with Crippen LogP contribution in [0.5, 0.6) is 0 Å². The Bertz CT molecular complexity index is 745. The maximum Gasteiger partial charge on any atom is 0.240 e. The average Bonchev–Trinajstić information content (AvgIpc) is 3.15. The maximum absolute atomic E-state index is 12.7. The van der Waals surface area contributed by atoms with Gasteiger partial charge in [-0.05, 0) is 68.7 Å². The zero-order chi connectivity index (χ0) is 19.4. The Labute approximate surface area is 165 Å². The van der Waals surface area contributed by atoms with Crippen LogP contribution in [0.4, 0.5) is 0 Å². The SMILES string of the molecule is O=C(C1CCC(CNS(=O)(=O)c2ccc(Cl)cc2)CC1)N1CCCC1CO. The fourth-order valence-electron chi connectivity index (χ4n) is 4.09. The van der Waals surface area contributed by atoms with Crippen LogP contribution < -0.4 is 4.72 Å². The summed E-state index contributed by atoms with van der Waals surface area (Å²) in [5, 5.41) is 9.91. The number of sulfonamides is 1. The molecule has 1 saturated heterocycles. The minimum atomic E-state index is -3.54. The normalized spacial score (nSPS) is 26.3. The summed E-state index contributed by atoms with van der Waals surface area (Å²) in [7, 11) is -3.54. The molecule has 1 saturated carbocycles. The van der Waals surface area contributed by atoms with Crippen LogP contribution in [0.15, 0.2) is 29.2 Å². The smallest absolute Gasteiger partial charge is 0.240 e. The molecule has 1 heterocycles. The van der Waals surface area contributed by atoms with Crippen LogP contribution in [0.3, 0.4) is 0 Å². The molecule has 2 N–H and O–H groups in total. The number of aliphatic hydroxyl groups is 1. The average molecular weight is 415 g/mol. The predicted octanol–water partition coefficient (Wildman–Crippen LogP) is 2.41. The van der Waals surface area contributed by atoms with Crippen molar-refractivity contribution in [1.29, 1.82) is 0 Å². The van der Waals surface area contributed by atoms with Crippen molar-refractivity contribution in [1.82, 2.24) is 9.62 Å². The van der Waals surface area contributed by atoms with Crippen LogP contribution >= 0.6 is 11.6 Å². The standard InChI is InChI=1S/C19H27ClN2O4S/c20-16-7-9-18(10-8-16)27(25,26)21-12-14-3-5-15(6-4-14)19(24)22-11-1-2-17(22)13-23/h7-10,14-15,17,21,23H,1-6,11-13H2. The Morgan fingerprint density at radius 2 is 1.81 bits per heavy atom. The molecule has 0 radical (unpaired) electrons. The van der Waals surface area contributed by atoms with Crippen molar-refractivity contribution in [3.63, 3.8) is 0 Å². The van der Waals surface area contributed by atoms with Gasteiger partial charge in [-0.3, -0.25) is 4.79 Å². The summed E-state index contributed by atoms with van der Waals surface area (Å²) in [6, 6.07) is 6.08. The second-order valence-corrected chi connectivity index (χ2v) is 9.74. The highest BCUT2D eigenvalue weighted by Gasteiger charge is 2.34. The number of carbonyl (C=O) groups is 1. The molecule has 150 valence electrons. The van der Waals surface area contributed by atoms with E-state index in [1.807, 2.05) is 4.90 Å². The molecule has 8 heteroatoms. The first-order valence-corrected chi connectivity index (χ1v) is 11.4. The number of carbonyl (C=O) groups excluding carboxylic acids is 1. The van der Waals surface area contributed by atoms with E-state index in [4.69, 9.17) is 11.6 Å². The van der Waals surface area contributed by atoms with Crippen molar-refractivity contribution < 1.29 is 18.3 Å². The molecule has 0 aromatic heterocycles. The number of aliphatic hydroxyl groups excluding tert-OH is 1. The van der Waals surface area contributed by atoms with E-state index in [2.05, 4.69) is 4.72 Å². The van der Waals surface area contributed by atoms with Gasteiger partial charge in [0, 0.05) is 24.0 Å². The van der Waals surface area contributed by atoms with Gasteiger partial charge in [-0.2, -0.15) is 0 Å². The second-order valence-electron chi connectivity index (χ2n) is 7.53. The molecule has 1 unspecified atom stereocenters. The Kier molecular flexibility index (Phi) is 6.78. The van der Waals surface area contributed by atoms with Crippen molar-refractivity contribution in [3.8, 4) is 0 Å². The quantitative estimate of drug-likeness (QED) is 0.748. The lowest BCUT2D eigenvalue weighted by Crippen LogP contribution is -2.42. The van der Waals surface area contributed by atoms with Crippen LogP contribution in [0.2, 0.25) is 5.02 Å². The van der Waals surface area contributed by atoms with E-state index in [0.717, 1.165) is 45.1 Å². The lowest BCUT2D eigenvalue weighted by atomic mass is 9.81. The first-order valence-electron chi connectivity index (χ1n) is 9.57.